The Morgan fingerprint density at radius 3 is 2.56 bits per heavy atom. The Bertz CT molecular complexity index is 253. The molecule has 0 aromatic rings. The van der Waals surface area contributed by atoms with E-state index in [0.29, 0.717) is 0 Å². The minimum absolute atomic E-state index is 0.208. The average molecular weight is 224 g/mol. The van der Waals surface area contributed by atoms with Crippen LogP contribution in [0.3, 0.4) is 0 Å². The molecule has 0 bridgehead atoms. The summed E-state index contributed by atoms with van der Waals surface area (Å²) in [5.74, 6) is 0.461. The Labute approximate surface area is 99.1 Å². The predicted molar refractivity (Wildman–Crippen MR) is 66.4 cm³/mol. The van der Waals surface area contributed by atoms with Gasteiger partial charge in [0.05, 0.1) is 0 Å². The second-order valence-corrected chi connectivity index (χ2v) is 4.95. The molecular formula is C14H24O2. The third-order valence-corrected chi connectivity index (χ3v) is 3.23. The van der Waals surface area contributed by atoms with Gasteiger partial charge in [-0.3, -0.25) is 4.79 Å². The standard InChI is InChI=1S/C14H24O2/c1-11(2)14(16-3)13(15)12-9-7-5-4-6-8-10-12/h9,11,14H,4-8,10H2,1-3H3. The first-order chi connectivity index (χ1) is 7.66. The van der Waals surface area contributed by atoms with E-state index >= 15 is 0 Å². The maximum atomic E-state index is 12.2. The molecule has 0 saturated carbocycles. The van der Waals surface area contributed by atoms with E-state index in [2.05, 4.69) is 6.08 Å². The van der Waals surface area contributed by atoms with Crippen molar-refractivity contribution < 1.29 is 9.53 Å². The maximum absolute atomic E-state index is 12.2. The monoisotopic (exact) mass is 224 g/mol. The van der Waals surface area contributed by atoms with Gasteiger partial charge in [0.2, 0.25) is 0 Å². The van der Waals surface area contributed by atoms with Gasteiger partial charge in [-0.25, -0.2) is 0 Å². The number of methoxy groups -OCH3 is 1. The number of carbonyl (C=O) groups is 1. The topological polar surface area (TPSA) is 26.3 Å². The molecule has 0 radical (unpaired) electrons. The van der Waals surface area contributed by atoms with Crippen LogP contribution in [0.5, 0.6) is 0 Å². The van der Waals surface area contributed by atoms with Crippen LogP contribution in [0.1, 0.15) is 52.4 Å². The van der Waals surface area contributed by atoms with E-state index < -0.39 is 0 Å². The van der Waals surface area contributed by atoms with Crippen LogP contribution in [0.4, 0.5) is 0 Å². The third kappa shape index (κ3) is 3.75. The molecule has 1 unspecified atom stereocenters. The van der Waals surface area contributed by atoms with Gasteiger partial charge < -0.3 is 4.74 Å². The van der Waals surface area contributed by atoms with E-state index in [1.165, 1.54) is 19.3 Å². The van der Waals surface area contributed by atoms with Gasteiger partial charge in [0, 0.05) is 7.11 Å². The molecule has 0 saturated heterocycles. The van der Waals surface area contributed by atoms with Crippen molar-refractivity contribution in [3.63, 3.8) is 0 Å². The lowest BCUT2D eigenvalue weighted by molar-refractivity contribution is -0.127. The Morgan fingerprint density at radius 1 is 1.25 bits per heavy atom. The summed E-state index contributed by atoms with van der Waals surface area (Å²) in [4.78, 5) is 12.2. The van der Waals surface area contributed by atoms with E-state index in [1.807, 2.05) is 13.8 Å². The highest BCUT2D eigenvalue weighted by atomic mass is 16.5. The van der Waals surface area contributed by atoms with Gasteiger partial charge in [-0.2, -0.15) is 0 Å². The van der Waals surface area contributed by atoms with Gasteiger partial charge in [0.25, 0.3) is 0 Å². The van der Waals surface area contributed by atoms with Gasteiger partial charge in [0.15, 0.2) is 5.78 Å². The van der Waals surface area contributed by atoms with Crippen molar-refractivity contribution in [1.29, 1.82) is 0 Å². The minimum Gasteiger partial charge on any atom is -0.373 e. The van der Waals surface area contributed by atoms with Gasteiger partial charge in [-0.1, -0.05) is 32.8 Å². The van der Waals surface area contributed by atoms with Crippen LogP contribution in [0.25, 0.3) is 0 Å². The first-order valence-corrected chi connectivity index (χ1v) is 6.43. The molecule has 1 aliphatic rings. The molecule has 0 spiro atoms. The Kier molecular flexibility index (Phi) is 5.75. The average Bonchev–Trinajstić information content (AvgIpc) is 2.16. The Balaban J connectivity index is 2.69. The summed E-state index contributed by atoms with van der Waals surface area (Å²) in [5.41, 5.74) is 1.00. The molecule has 0 aliphatic heterocycles. The highest BCUT2D eigenvalue weighted by molar-refractivity contribution is 5.98. The van der Waals surface area contributed by atoms with Crippen LogP contribution in [-0.4, -0.2) is 19.0 Å². The molecule has 0 aromatic heterocycles. The number of rotatable bonds is 4. The Hall–Kier alpha value is -0.630. The van der Waals surface area contributed by atoms with E-state index in [-0.39, 0.29) is 17.8 Å². The van der Waals surface area contributed by atoms with Crippen molar-refractivity contribution >= 4 is 5.78 Å². The van der Waals surface area contributed by atoms with E-state index in [1.54, 1.807) is 7.11 Å². The molecule has 1 rings (SSSR count). The molecule has 0 N–H and O–H groups in total. The zero-order chi connectivity index (χ0) is 12.0. The maximum Gasteiger partial charge on any atom is 0.187 e. The predicted octanol–water partition coefficient (Wildman–Crippen LogP) is 3.51. The minimum atomic E-state index is -0.259. The zero-order valence-corrected chi connectivity index (χ0v) is 10.8. The Morgan fingerprint density at radius 2 is 1.94 bits per heavy atom. The number of ether oxygens (including phenoxy) is 1. The lowest BCUT2D eigenvalue weighted by Crippen LogP contribution is -2.30. The van der Waals surface area contributed by atoms with E-state index in [4.69, 9.17) is 4.74 Å². The lowest BCUT2D eigenvalue weighted by atomic mass is 9.91. The molecule has 16 heavy (non-hydrogen) atoms. The highest BCUT2D eigenvalue weighted by Crippen LogP contribution is 2.21. The normalized spacial score (nSPS) is 19.9. The molecule has 2 heteroatoms. The van der Waals surface area contributed by atoms with Crippen molar-refractivity contribution in [3.8, 4) is 0 Å². The second-order valence-electron chi connectivity index (χ2n) is 4.95. The molecule has 1 aliphatic carbocycles. The van der Waals surface area contributed by atoms with Crippen LogP contribution >= 0.6 is 0 Å². The molecule has 0 fully saturated rings. The van der Waals surface area contributed by atoms with Crippen molar-refractivity contribution in [2.45, 2.75) is 58.5 Å². The van der Waals surface area contributed by atoms with Crippen LogP contribution < -0.4 is 0 Å². The number of hydrogen-bond donors (Lipinski definition) is 0. The molecule has 92 valence electrons. The molecule has 0 aromatic carbocycles. The third-order valence-electron chi connectivity index (χ3n) is 3.23. The fourth-order valence-electron chi connectivity index (χ4n) is 2.28. The first kappa shape index (κ1) is 13.4. The molecule has 2 nitrogen and oxygen atoms in total. The van der Waals surface area contributed by atoms with Gasteiger partial charge in [-0.05, 0) is 37.2 Å². The van der Waals surface area contributed by atoms with Crippen molar-refractivity contribution in [1.82, 2.24) is 0 Å². The van der Waals surface area contributed by atoms with Gasteiger partial charge in [-0.15, -0.1) is 0 Å². The van der Waals surface area contributed by atoms with E-state index in [0.717, 1.165) is 24.8 Å². The second kappa shape index (κ2) is 6.85. The molecule has 1 atom stereocenters. The molecule has 0 amide bonds. The van der Waals surface area contributed by atoms with Crippen molar-refractivity contribution in [2.75, 3.05) is 7.11 Å². The fraction of sp³-hybridized carbons (Fsp3) is 0.786. The summed E-state index contributed by atoms with van der Waals surface area (Å²) in [6.45, 7) is 4.07. The van der Waals surface area contributed by atoms with Gasteiger partial charge >= 0.3 is 0 Å². The summed E-state index contributed by atoms with van der Waals surface area (Å²) in [6.07, 6.45) is 8.78. The quantitative estimate of drug-likeness (QED) is 0.730. The summed E-state index contributed by atoms with van der Waals surface area (Å²) in [7, 11) is 1.63. The first-order valence-electron chi connectivity index (χ1n) is 6.43. The number of Topliss-reactive ketones (excluding diaryl/α,β-unsaturated/α-hetero) is 1. The zero-order valence-electron chi connectivity index (χ0n) is 10.8. The van der Waals surface area contributed by atoms with Crippen molar-refractivity contribution in [3.05, 3.63) is 11.6 Å². The summed E-state index contributed by atoms with van der Waals surface area (Å²) < 4.78 is 5.31. The van der Waals surface area contributed by atoms with Crippen molar-refractivity contribution in [2.24, 2.45) is 5.92 Å². The largest absolute Gasteiger partial charge is 0.373 e. The summed E-state index contributed by atoms with van der Waals surface area (Å²) in [6, 6.07) is 0. The van der Waals surface area contributed by atoms with Crippen LogP contribution in [0.15, 0.2) is 11.6 Å². The highest BCUT2D eigenvalue weighted by Gasteiger charge is 2.24. The van der Waals surface area contributed by atoms with Gasteiger partial charge in [0.1, 0.15) is 6.10 Å². The molecule has 0 heterocycles. The number of allylic oxidation sites excluding steroid dienone is 1. The number of hydrogen-bond acceptors (Lipinski definition) is 2. The molecular weight excluding hydrogens is 200 g/mol. The number of carbonyl (C=O) groups excluding carboxylic acids is 1. The SMILES string of the molecule is COC(C(=O)C1=CCCCCCC1)C(C)C. The smallest absolute Gasteiger partial charge is 0.187 e. The fourth-order valence-corrected chi connectivity index (χ4v) is 2.28. The lowest BCUT2D eigenvalue weighted by Gasteiger charge is -2.20. The summed E-state index contributed by atoms with van der Waals surface area (Å²) in [5, 5.41) is 0. The summed E-state index contributed by atoms with van der Waals surface area (Å²) >= 11 is 0. The van der Waals surface area contributed by atoms with E-state index in [9.17, 15) is 4.79 Å². The van der Waals surface area contributed by atoms with Crippen LogP contribution in [0, 0.1) is 5.92 Å². The number of ketones is 1. The van der Waals surface area contributed by atoms with Crippen LogP contribution in [-0.2, 0) is 9.53 Å². The van der Waals surface area contributed by atoms with Crippen LogP contribution in [0.2, 0.25) is 0 Å².